The molecule has 5 nitrogen and oxygen atoms in total. The Morgan fingerprint density at radius 3 is 2.08 bits per heavy atom. The monoisotopic (exact) mass is 540 g/mol. The smallest absolute Gasteiger partial charge is 0.245 e. The number of thiophene rings is 1. The summed E-state index contributed by atoms with van der Waals surface area (Å²) < 4.78 is 0. The molecule has 1 aliphatic rings. The van der Waals surface area contributed by atoms with Gasteiger partial charge in [-0.1, -0.05) is 79.5 Å². The minimum absolute atomic E-state index is 0.0213. The number of carbonyl (C=O) groups excluding carboxylic acids is 2. The minimum atomic E-state index is -0.925. The number of aromatic hydroxyl groups is 1. The Bertz CT molecular complexity index is 1070. The first-order valence-corrected chi connectivity index (χ1v) is 15.1. The predicted octanol–water partition coefficient (Wildman–Crippen LogP) is 7.24. The Kier molecular flexibility index (Phi) is 9.39. The summed E-state index contributed by atoms with van der Waals surface area (Å²) in [5.41, 5.74) is 1.46. The summed E-state index contributed by atoms with van der Waals surface area (Å²) in [5.74, 6) is 0.278. The Hall–Kier alpha value is -2.34. The van der Waals surface area contributed by atoms with Gasteiger partial charge in [-0.15, -0.1) is 11.3 Å². The Balaban J connectivity index is 1.90. The molecular formula is C32H48N2O3S. The van der Waals surface area contributed by atoms with E-state index in [1.54, 1.807) is 16.2 Å². The van der Waals surface area contributed by atoms with Crippen LogP contribution >= 0.6 is 11.3 Å². The third-order valence-corrected chi connectivity index (χ3v) is 8.93. The quantitative estimate of drug-likeness (QED) is 0.352. The Labute approximate surface area is 234 Å². The van der Waals surface area contributed by atoms with Gasteiger partial charge in [-0.2, -0.15) is 0 Å². The molecule has 38 heavy (non-hydrogen) atoms. The number of nitrogens with zero attached hydrogens (tertiary/aromatic N) is 1. The molecule has 2 aromatic rings. The van der Waals surface area contributed by atoms with Crippen LogP contribution < -0.4 is 5.32 Å². The van der Waals surface area contributed by atoms with Gasteiger partial charge in [0.2, 0.25) is 11.8 Å². The molecule has 1 aromatic heterocycles. The fraction of sp³-hybridized carbons (Fsp3) is 0.625. The molecule has 0 spiro atoms. The Morgan fingerprint density at radius 2 is 1.61 bits per heavy atom. The average Bonchev–Trinajstić information content (AvgIpc) is 3.54. The molecule has 0 saturated heterocycles. The van der Waals surface area contributed by atoms with E-state index < -0.39 is 5.54 Å². The lowest BCUT2D eigenvalue weighted by atomic mass is 9.78. The lowest BCUT2D eigenvalue weighted by Gasteiger charge is -2.40. The predicted molar refractivity (Wildman–Crippen MR) is 158 cm³/mol. The van der Waals surface area contributed by atoms with Crippen LogP contribution in [-0.2, 0) is 33.4 Å². The molecule has 0 bridgehead atoms. The standard InChI is InChI=1S/C32H48N2O3S/c1-9-32(8,29(37)33-23-13-10-11-14-23)34(21-24-15-12-18-38-24)27(35)17-16-22-19-25(30(2,3)4)28(36)26(20-22)31(5,6)7/h12,15,18-20,23,36H,9-11,13-14,16-17,21H2,1-8H3,(H,33,37)/t32-/m1/s1. The van der Waals surface area contributed by atoms with Crippen molar-refractivity contribution in [3.8, 4) is 5.75 Å². The van der Waals surface area contributed by atoms with Gasteiger partial charge < -0.3 is 15.3 Å². The number of phenolic OH excluding ortho intramolecular Hbond substituents is 1. The first kappa shape index (κ1) is 30.2. The summed E-state index contributed by atoms with van der Waals surface area (Å²) >= 11 is 1.61. The summed E-state index contributed by atoms with van der Waals surface area (Å²) in [6.07, 6.45) is 5.71. The van der Waals surface area contributed by atoms with Crippen molar-refractivity contribution >= 4 is 23.2 Å². The van der Waals surface area contributed by atoms with Crippen molar-refractivity contribution < 1.29 is 14.7 Å². The topological polar surface area (TPSA) is 69.6 Å². The van der Waals surface area contributed by atoms with E-state index in [-0.39, 0.29) is 28.7 Å². The zero-order valence-corrected chi connectivity index (χ0v) is 25.6. The SMILES string of the molecule is CC[C@](C)(C(=O)NC1CCCC1)N(Cc1cccs1)C(=O)CCc1cc(C(C)(C)C)c(O)c(C(C)(C)C)c1. The van der Waals surface area contributed by atoms with Crippen LogP contribution in [0.1, 0.15) is 115 Å². The van der Waals surface area contributed by atoms with Gasteiger partial charge in [0, 0.05) is 17.3 Å². The van der Waals surface area contributed by atoms with Crippen LogP contribution in [0.15, 0.2) is 29.6 Å². The van der Waals surface area contributed by atoms with E-state index >= 15 is 0 Å². The third-order valence-electron chi connectivity index (χ3n) is 8.07. The van der Waals surface area contributed by atoms with Gasteiger partial charge in [-0.05, 0) is 71.6 Å². The summed E-state index contributed by atoms with van der Waals surface area (Å²) in [6.45, 7) is 16.9. The summed E-state index contributed by atoms with van der Waals surface area (Å²) in [4.78, 5) is 30.4. The lowest BCUT2D eigenvalue weighted by molar-refractivity contribution is -0.148. The number of amides is 2. The fourth-order valence-corrected chi connectivity index (χ4v) is 6.04. The molecule has 1 saturated carbocycles. The number of rotatable bonds is 9. The number of nitrogens with one attached hydrogen (secondary N) is 1. The molecule has 0 unspecified atom stereocenters. The van der Waals surface area contributed by atoms with Crippen LogP contribution in [0, 0.1) is 0 Å². The molecule has 2 N–H and O–H groups in total. The normalized spacial score (nSPS) is 16.3. The first-order chi connectivity index (χ1) is 17.7. The van der Waals surface area contributed by atoms with Crippen molar-refractivity contribution in [3.05, 3.63) is 51.2 Å². The van der Waals surface area contributed by atoms with Gasteiger partial charge in [0.05, 0.1) is 6.54 Å². The highest BCUT2D eigenvalue weighted by atomic mass is 32.1. The van der Waals surface area contributed by atoms with Crippen molar-refractivity contribution in [1.29, 1.82) is 0 Å². The molecule has 1 aromatic carbocycles. The van der Waals surface area contributed by atoms with E-state index in [0.717, 1.165) is 47.3 Å². The van der Waals surface area contributed by atoms with Gasteiger partial charge in [-0.3, -0.25) is 9.59 Å². The van der Waals surface area contributed by atoms with Crippen molar-refractivity contribution in [2.45, 2.75) is 129 Å². The first-order valence-electron chi connectivity index (χ1n) is 14.2. The maximum Gasteiger partial charge on any atom is 0.245 e. The zero-order chi connectivity index (χ0) is 28.3. The Morgan fingerprint density at radius 1 is 1.03 bits per heavy atom. The molecule has 0 radical (unpaired) electrons. The summed E-state index contributed by atoms with van der Waals surface area (Å²) in [7, 11) is 0. The second-order valence-corrected chi connectivity index (χ2v) is 14.2. The van der Waals surface area contributed by atoms with Crippen molar-refractivity contribution in [2.75, 3.05) is 0 Å². The van der Waals surface area contributed by atoms with E-state index in [9.17, 15) is 14.7 Å². The number of aryl methyl sites for hydroxylation is 1. The summed E-state index contributed by atoms with van der Waals surface area (Å²) in [5, 5.41) is 16.4. The molecule has 1 aliphatic carbocycles. The van der Waals surface area contributed by atoms with Gasteiger partial charge in [-0.25, -0.2) is 0 Å². The van der Waals surface area contributed by atoms with Gasteiger partial charge in [0.15, 0.2) is 0 Å². The second kappa shape index (κ2) is 11.8. The molecule has 6 heteroatoms. The third kappa shape index (κ3) is 6.99. The maximum atomic E-state index is 13.9. The van der Waals surface area contributed by atoms with Gasteiger partial charge >= 0.3 is 0 Å². The van der Waals surface area contributed by atoms with E-state index in [4.69, 9.17) is 0 Å². The molecule has 2 amide bonds. The molecule has 3 rings (SSSR count). The van der Waals surface area contributed by atoms with Crippen LogP contribution in [0.2, 0.25) is 0 Å². The van der Waals surface area contributed by atoms with Crippen molar-refractivity contribution in [1.82, 2.24) is 10.2 Å². The van der Waals surface area contributed by atoms with Gasteiger partial charge in [0.25, 0.3) is 0 Å². The van der Waals surface area contributed by atoms with Crippen molar-refractivity contribution in [2.24, 2.45) is 0 Å². The second-order valence-electron chi connectivity index (χ2n) is 13.2. The van der Waals surface area contributed by atoms with Crippen LogP contribution in [-0.4, -0.2) is 33.4 Å². The van der Waals surface area contributed by atoms with E-state index in [1.807, 2.05) is 43.5 Å². The molecule has 0 aliphatic heterocycles. The van der Waals surface area contributed by atoms with Gasteiger partial charge in [0.1, 0.15) is 11.3 Å². The highest BCUT2D eigenvalue weighted by Gasteiger charge is 2.41. The highest BCUT2D eigenvalue weighted by Crippen LogP contribution is 2.40. The minimum Gasteiger partial charge on any atom is -0.507 e. The fourth-order valence-electron chi connectivity index (χ4n) is 5.35. The molecule has 1 fully saturated rings. The lowest BCUT2D eigenvalue weighted by Crippen LogP contribution is -2.59. The van der Waals surface area contributed by atoms with Crippen LogP contribution in [0.4, 0.5) is 0 Å². The number of hydrogen-bond donors (Lipinski definition) is 2. The average molecular weight is 541 g/mol. The molecular weight excluding hydrogens is 492 g/mol. The van der Waals surface area contributed by atoms with Crippen LogP contribution in [0.3, 0.4) is 0 Å². The van der Waals surface area contributed by atoms with E-state index in [0.29, 0.717) is 31.6 Å². The number of phenols is 1. The number of carbonyl (C=O) groups is 2. The van der Waals surface area contributed by atoms with Crippen LogP contribution in [0.25, 0.3) is 0 Å². The number of hydrogen-bond acceptors (Lipinski definition) is 4. The van der Waals surface area contributed by atoms with E-state index in [2.05, 4.69) is 46.9 Å². The zero-order valence-electron chi connectivity index (χ0n) is 24.7. The number of benzene rings is 1. The molecule has 1 heterocycles. The largest absolute Gasteiger partial charge is 0.507 e. The highest BCUT2D eigenvalue weighted by molar-refractivity contribution is 7.09. The summed E-state index contributed by atoms with van der Waals surface area (Å²) in [6, 6.07) is 8.32. The molecule has 210 valence electrons. The van der Waals surface area contributed by atoms with E-state index in [1.165, 1.54) is 0 Å². The van der Waals surface area contributed by atoms with Crippen molar-refractivity contribution in [3.63, 3.8) is 0 Å². The van der Waals surface area contributed by atoms with Crippen LogP contribution in [0.5, 0.6) is 5.75 Å². The molecule has 1 atom stereocenters. The maximum absolute atomic E-state index is 13.9.